The smallest absolute Gasteiger partial charge is 0.242 e. The SMILES string of the molecule is CCC(CC)(CN)NS(=O)(=O)c1cc(C)ccc1Br. The van der Waals surface area contributed by atoms with E-state index in [4.69, 9.17) is 5.73 Å². The lowest BCUT2D eigenvalue weighted by Gasteiger charge is -2.31. The molecule has 0 atom stereocenters. The normalized spacial score (nSPS) is 12.7. The second kappa shape index (κ2) is 6.35. The minimum absolute atomic E-state index is 0.257. The summed E-state index contributed by atoms with van der Waals surface area (Å²) in [6.07, 6.45) is 1.31. The van der Waals surface area contributed by atoms with Crippen molar-refractivity contribution in [2.24, 2.45) is 5.73 Å². The quantitative estimate of drug-likeness (QED) is 0.829. The maximum absolute atomic E-state index is 12.5. The van der Waals surface area contributed by atoms with Gasteiger partial charge < -0.3 is 5.73 Å². The summed E-state index contributed by atoms with van der Waals surface area (Å²) in [6.45, 7) is 6.01. The summed E-state index contributed by atoms with van der Waals surface area (Å²) in [7, 11) is -3.58. The van der Waals surface area contributed by atoms with Crippen LogP contribution in [-0.2, 0) is 10.0 Å². The number of nitrogens with one attached hydrogen (secondary N) is 1. The fourth-order valence-electron chi connectivity index (χ4n) is 1.88. The number of halogens is 1. The molecule has 4 nitrogen and oxygen atoms in total. The van der Waals surface area contributed by atoms with E-state index in [1.54, 1.807) is 12.1 Å². The number of hydrogen-bond acceptors (Lipinski definition) is 3. The summed E-state index contributed by atoms with van der Waals surface area (Å²) < 4.78 is 28.3. The largest absolute Gasteiger partial charge is 0.329 e. The van der Waals surface area contributed by atoms with Crippen molar-refractivity contribution in [2.75, 3.05) is 6.54 Å². The Bertz CT molecular complexity index is 531. The van der Waals surface area contributed by atoms with Crippen molar-refractivity contribution < 1.29 is 8.42 Å². The third kappa shape index (κ3) is 3.78. The van der Waals surface area contributed by atoms with Gasteiger partial charge in [-0.15, -0.1) is 0 Å². The predicted molar refractivity (Wildman–Crippen MR) is 81.6 cm³/mol. The van der Waals surface area contributed by atoms with E-state index < -0.39 is 15.6 Å². The average Bonchev–Trinajstić information content (AvgIpc) is 2.39. The molecule has 0 aromatic heterocycles. The summed E-state index contributed by atoms with van der Waals surface area (Å²) in [5.41, 5.74) is 6.06. The van der Waals surface area contributed by atoms with Crippen molar-refractivity contribution in [3.05, 3.63) is 28.2 Å². The number of aryl methyl sites for hydroxylation is 1. The molecule has 1 aromatic rings. The molecule has 0 aliphatic heterocycles. The second-order valence-electron chi connectivity index (χ2n) is 4.73. The van der Waals surface area contributed by atoms with Gasteiger partial charge in [0.1, 0.15) is 0 Å². The molecule has 0 radical (unpaired) electrons. The Morgan fingerprint density at radius 1 is 1.32 bits per heavy atom. The summed E-state index contributed by atoms with van der Waals surface area (Å²) in [5.74, 6) is 0. The van der Waals surface area contributed by atoms with Crippen LogP contribution in [0.2, 0.25) is 0 Å². The first-order chi connectivity index (χ1) is 8.80. The Kier molecular flexibility index (Phi) is 5.55. The van der Waals surface area contributed by atoms with Crippen LogP contribution in [0.15, 0.2) is 27.6 Å². The van der Waals surface area contributed by atoms with Crippen LogP contribution < -0.4 is 10.5 Å². The molecule has 19 heavy (non-hydrogen) atoms. The zero-order valence-corrected chi connectivity index (χ0v) is 13.9. The minimum atomic E-state index is -3.58. The van der Waals surface area contributed by atoms with Crippen LogP contribution in [0.25, 0.3) is 0 Å². The topological polar surface area (TPSA) is 72.2 Å². The van der Waals surface area contributed by atoms with Crippen LogP contribution in [0, 0.1) is 6.92 Å². The van der Waals surface area contributed by atoms with Gasteiger partial charge in [0, 0.05) is 16.6 Å². The third-order valence-corrected chi connectivity index (χ3v) is 6.04. The van der Waals surface area contributed by atoms with Gasteiger partial charge in [0.15, 0.2) is 0 Å². The molecule has 0 bridgehead atoms. The first-order valence-electron chi connectivity index (χ1n) is 6.30. The Balaban J connectivity index is 3.21. The molecular formula is C13H21BrN2O2S. The van der Waals surface area contributed by atoms with E-state index in [2.05, 4.69) is 20.7 Å². The van der Waals surface area contributed by atoms with Gasteiger partial charge in [-0.1, -0.05) is 19.9 Å². The Labute approximate surface area is 124 Å². The van der Waals surface area contributed by atoms with E-state index in [0.29, 0.717) is 17.3 Å². The number of rotatable bonds is 6. The van der Waals surface area contributed by atoms with Gasteiger partial charge >= 0.3 is 0 Å². The van der Waals surface area contributed by atoms with Crippen molar-refractivity contribution in [2.45, 2.75) is 44.0 Å². The standard InChI is InChI=1S/C13H21BrN2O2S/c1-4-13(5-2,9-15)16-19(17,18)12-8-10(3)6-7-11(12)14/h6-8,16H,4-5,9,15H2,1-3H3. The zero-order valence-electron chi connectivity index (χ0n) is 11.5. The van der Waals surface area contributed by atoms with Crippen LogP contribution >= 0.6 is 15.9 Å². The van der Waals surface area contributed by atoms with Gasteiger partial charge in [0.2, 0.25) is 10.0 Å². The molecule has 6 heteroatoms. The van der Waals surface area contributed by atoms with Crippen molar-refractivity contribution in [1.29, 1.82) is 0 Å². The molecule has 1 rings (SSSR count). The lowest BCUT2D eigenvalue weighted by Crippen LogP contribution is -2.52. The second-order valence-corrected chi connectivity index (χ2v) is 7.24. The van der Waals surface area contributed by atoms with E-state index in [9.17, 15) is 8.42 Å². The number of sulfonamides is 1. The van der Waals surface area contributed by atoms with E-state index >= 15 is 0 Å². The van der Waals surface area contributed by atoms with Crippen LogP contribution in [0.1, 0.15) is 32.3 Å². The molecule has 0 unspecified atom stereocenters. The molecule has 0 amide bonds. The molecule has 0 saturated carbocycles. The Hall–Kier alpha value is -0.430. The van der Waals surface area contributed by atoms with E-state index in [0.717, 1.165) is 5.56 Å². The molecule has 0 aliphatic carbocycles. The van der Waals surface area contributed by atoms with Crippen LogP contribution in [0.3, 0.4) is 0 Å². The van der Waals surface area contributed by atoms with E-state index in [1.807, 2.05) is 26.8 Å². The highest BCUT2D eigenvalue weighted by Crippen LogP contribution is 2.25. The highest BCUT2D eigenvalue weighted by Gasteiger charge is 2.31. The third-order valence-electron chi connectivity index (χ3n) is 3.47. The van der Waals surface area contributed by atoms with Crippen LogP contribution in [0.4, 0.5) is 0 Å². The molecular weight excluding hydrogens is 328 g/mol. The highest BCUT2D eigenvalue weighted by molar-refractivity contribution is 9.10. The summed E-state index contributed by atoms with van der Waals surface area (Å²) >= 11 is 3.29. The average molecular weight is 349 g/mol. The fourth-order valence-corrected chi connectivity index (χ4v) is 4.48. The van der Waals surface area contributed by atoms with Gasteiger partial charge in [-0.2, -0.15) is 0 Å². The van der Waals surface area contributed by atoms with Gasteiger partial charge in [-0.05, 0) is 53.4 Å². The molecule has 0 saturated heterocycles. The lowest BCUT2D eigenvalue weighted by atomic mass is 9.95. The number of nitrogens with two attached hydrogens (primary N) is 1. The fraction of sp³-hybridized carbons (Fsp3) is 0.538. The summed E-state index contributed by atoms with van der Waals surface area (Å²) in [6, 6.07) is 5.25. The van der Waals surface area contributed by atoms with Crippen molar-refractivity contribution in [3.8, 4) is 0 Å². The van der Waals surface area contributed by atoms with E-state index in [1.165, 1.54) is 0 Å². The van der Waals surface area contributed by atoms with Crippen molar-refractivity contribution >= 4 is 26.0 Å². The van der Waals surface area contributed by atoms with Gasteiger partial charge in [0.25, 0.3) is 0 Å². The summed E-state index contributed by atoms with van der Waals surface area (Å²) in [4.78, 5) is 0.257. The summed E-state index contributed by atoms with van der Waals surface area (Å²) in [5, 5.41) is 0. The van der Waals surface area contributed by atoms with Crippen LogP contribution in [-0.4, -0.2) is 20.5 Å². The Morgan fingerprint density at radius 2 is 1.89 bits per heavy atom. The van der Waals surface area contributed by atoms with Gasteiger partial charge in [0.05, 0.1) is 4.90 Å². The molecule has 108 valence electrons. The number of benzene rings is 1. The zero-order chi connectivity index (χ0) is 14.7. The van der Waals surface area contributed by atoms with Gasteiger partial charge in [-0.25, -0.2) is 13.1 Å². The first-order valence-corrected chi connectivity index (χ1v) is 8.58. The lowest BCUT2D eigenvalue weighted by molar-refractivity contribution is 0.363. The van der Waals surface area contributed by atoms with Gasteiger partial charge in [-0.3, -0.25) is 0 Å². The molecule has 1 aromatic carbocycles. The highest BCUT2D eigenvalue weighted by atomic mass is 79.9. The number of hydrogen-bond donors (Lipinski definition) is 2. The Morgan fingerprint density at radius 3 is 2.37 bits per heavy atom. The molecule has 0 spiro atoms. The first kappa shape index (κ1) is 16.6. The molecule has 0 fully saturated rings. The van der Waals surface area contributed by atoms with Crippen molar-refractivity contribution in [3.63, 3.8) is 0 Å². The monoisotopic (exact) mass is 348 g/mol. The van der Waals surface area contributed by atoms with Crippen LogP contribution in [0.5, 0.6) is 0 Å². The van der Waals surface area contributed by atoms with E-state index in [-0.39, 0.29) is 11.4 Å². The predicted octanol–water partition coefficient (Wildman–Crippen LogP) is 2.55. The molecule has 0 aliphatic rings. The molecule has 0 heterocycles. The maximum Gasteiger partial charge on any atom is 0.242 e. The van der Waals surface area contributed by atoms with Crippen molar-refractivity contribution in [1.82, 2.24) is 4.72 Å². The minimum Gasteiger partial charge on any atom is -0.329 e. The molecule has 3 N–H and O–H groups in total. The maximum atomic E-state index is 12.5.